The molecule has 2 aromatic rings. The Hall–Kier alpha value is -3.59. The summed E-state index contributed by atoms with van der Waals surface area (Å²) in [6.07, 6.45) is 2.88. The third-order valence-electron chi connectivity index (χ3n) is 7.37. The Morgan fingerprint density at radius 3 is 2.53 bits per heavy atom. The van der Waals surface area contributed by atoms with Gasteiger partial charge in [0.2, 0.25) is 5.91 Å². The number of anilines is 2. The second-order valence-corrected chi connectivity index (χ2v) is 9.57. The van der Waals surface area contributed by atoms with Crippen molar-refractivity contribution in [2.45, 2.75) is 50.9 Å². The van der Waals surface area contributed by atoms with Crippen molar-refractivity contribution >= 4 is 29.2 Å². The van der Waals surface area contributed by atoms with Crippen LogP contribution in [-0.2, 0) is 14.3 Å². The SMILES string of the molecule is COc1ccc(NC(=O)CN2C(=O)N(c3ccc(C)cc3)C(=O)C3OC4CCCCC4C32)c(OC)c1. The first-order valence-electron chi connectivity index (χ1n) is 12.3. The number of amides is 4. The Balaban J connectivity index is 1.44. The number of hydrogen-bond acceptors (Lipinski definition) is 6. The average Bonchev–Trinajstić information content (AvgIpc) is 3.28. The number of benzene rings is 2. The Morgan fingerprint density at radius 1 is 1.06 bits per heavy atom. The summed E-state index contributed by atoms with van der Waals surface area (Å²) >= 11 is 0. The summed E-state index contributed by atoms with van der Waals surface area (Å²) in [5.74, 6) is 0.316. The van der Waals surface area contributed by atoms with Gasteiger partial charge in [0.25, 0.3) is 5.91 Å². The molecule has 0 radical (unpaired) electrons. The van der Waals surface area contributed by atoms with Crippen LogP contribution in [0.2, 0.25) is 0 Å². The molecule has 2 aromatic carbocycles. The molecule has 0 bridgehead atoms. The number of rotatable bonds is 6. The molecule has 5 rings (SSSR count). The number of hydrogen-bond donors (Lipinski definition) is 1. The third kappa shape index (κ3) is 4.28. The summed E-state index contributed by atoms with van der Waals surface area (Å²) in [7, 11) is 3.06. The number of carbonyl (C=O) groups is 3. The van der Waals surface area contributed by atoms with Crippen LogP contribution in [0.4, 0.5) is 16.2 Å². The molecule has 36 heavy (non-hydrogen) atoms. The molecule has 4 atom stereocenters. The van der Waals surface area contributed by atoms with Crippen LogP contribution in [0.1, 0.15) is 31.2 Å². The zero-order valence-electron chi connectivity index (χ0n) is 20.7. The van der Waals surface area contributed by atoms with Gasteiger partial charge < -0.3 is 24.4 Å². The van der Waals surface area contributed by atoms with E-state index in [1.54, 1.807) is 37.4 Å². The van der Waals surface area contributed by atoms with Gasteiger partial charge in [0.15, 0.2) is 6.10 Å². The molecular formula is C27H31N3O6. The largest absolute Gasteiger partial charge is 0.497 e. The maximum atomic E-state index is 13.8. The highest BCUT2D eigenvalue weighted by Gasteiger charge is 2.58. The number of methoxy groups -OCH3 is 2. The van der Waals surface area contributed by atoms with E-state index in [-0.39, 0.29) is 30.4 Å². The lowest BCUT2D eigenvalue weighted by Gasteiger charge is -2.42. The van der Waals surface area contributed by atoms with Crippen molar-refractivity contribution in [3.05, 3.63) is 48.0 Å². The van der Waals surface area contributed by atoms with Crippen LogP contribution in [0.5, 0.6) is 11.5 Å². The maximum absolute atomic E-state index is 13.8. The number of ether oxygens (including phenoxy) is 3. The summed E-state index contributed by atoms with van der Waals surface area (Å²) in [6, 6.07) is 11.3. The molecule has 1 N–H and O–H groups in total. The van der Waals surface area contributed by atoms with Gasteiger partial charge in [0.1, 0.15) is 18.0 Å². The molecule has 2 saturated heterocycles. The minimum absolute atomic E-state index is 0.0279. The Morgan fingerprint density at radius 2 is 1.81 bits per heavy atom. The molecule has 1 saturated carbocycles. The highest BCUT2D eigenvalue weighted by Crippen LogP contribution is 2.43. The van der Waals surface area contributed by atoms with Gasteiger partial charge in [-0.2, -0.15) is 0 Å². The number of urea groups is 1. The van der Waals surface area contributed by atoms with E-state index in [0.29, 0.717) is 22.9 Å². The fourth-order valence-electron chi connectivity index (χ4n) is 5.61. The van der Waals surface area contributed by atoms with Crippen molar-refractivity contribution in [1.82, 2.24) is 4.90 Å². The topological polar surface area (TPSA) is 97.4 Å². The fraction of sp³-hybridized carbons (Fsp3) is 0.444. The van der Waals surface area contributed by atoms with Gasteiger partial charge in [0, 0.05) is 12.0 Å². The van der Waals surface area contributed by atoms with Crippen LogP contribution in [0.15, 0.2) is 42.5 Å². The van der Waals surface area contributed by atoms with Gasteiger partial charge in [-0.3, -0.25) is 9.59 Å². The molecule has 2 heterocycles. The lowest BCUT2D eigenvalue weighted by molar-refractivity contribution is -0.133. The quantitative estimate of drug-likeness (QED) is 0.658. The fourth-order valence-corrected chi connectivity index (χ4v) is 5.61. The summed E-state index contributed by atoms with van der Waals surface area (Å²) in [5, 5.41) is 2.85. The maximum Gasteiger partial charge on any atom is 0.332 e. The van der Waals surface area contributed by atoms with Crippen molar-refractivity contribution in [2.24, 2.45) is 5.92 Å². The highest BCUT2D eigenvalue weighted by molar-refractivity contribution is 6.18. The first kappa shape index (κ1) is 24.1. The van der Waals surface area contributed by atoms with Crippen molar-refractivity contribution in [1.29, 1.82) is 0 Å². The lowest BCUT2D eigenvalue weighted by atomic mass is 9.81. The normalized spacial score (nSPS) is 25.3. The van der Waals surface area contributed by atoms with Gasteiger partial charge in [-0.1, -0.05) is 30.5 Å². The van der Waals surface area contributed by atoms with E-state index in [2.05, 4.69) is 5.32 Å². The first-order valence-corrected chi connectivity index (χ1v) is 12.3. The van der Waals surface area contributed by atoms with Crippen LogP contribution >= 0.6 is 0 Å². The molecule has 3 fully saturated rings. The van der Waals surface area contributed by atoms with Gasteiger partial charge in [-0.25, -0.2) is 9.69 Å². The molecule has 0 aromatic heterocycles. The van der Waals surface area contributed by atoms with Crippen LogP contribution in [0.25, 0.3) is 0 Å². The predicted molar refractivity (Wildman–Crippen MR) is 133 cm³/mol. The number of nitrogens with one attached hydrogen (secondary N) is 1. The molecule has 9 heteroatoms. The van der Waals surface area contributed by atoms with E-state index in [4.69, 9.17) is 14.2 Å². The second kappa shape index (κ2) is 9.81. The van der Waals surface area contributed by atoms with E-state index < -0.39 is 18.2 Å². The average molecular weight is 494 g/mol. The summed E-state index contributed by atoms with van der Waals surface area (Å²) < 4.78 is 16.9. The number of imide groups is 1. The minimum atomic E-state index is -0.791. The number of fused-ring (bicyclic) bond motifs is 3. The molecule has 0 spiro atoms. The molecule has 2 aliphatic heterocycles. The molecule has 4 amide bonds. The molecule has 3 aliphatic rings. The van der Waals surface area contributed by atoms with Crippen molar-refractivity contribution in [3.63, 3.8) is 0 Å². The molecule has 190 valence electrons. The lowest BCUT2D eigenvalue weighted by Crippen LogP contribution is -2.65. The van der Waals surface area contributed by atoms with Gasteiger partial charge >= 0.3 is 6.03 Å². The smallest absolute Gasteiger partial charge is 0.332 e. The van der Waals surface area contributed by atoms with Crippen molar-refractivity contribution in [3.8, 4) is 11.5 Å². The highest BCUT2D eigenvalue weighted by atomic mass is 16.5. The summed E-state index contributed by atoms with van der Waals surface area (Å²) in [6.45, 7) is 1.73. The van der Waals surface area contributed by atoms with Crippen LogP contribution in [0, 0.1) is 12.8 Å². The van der Waals surface area contributed by atoms with Gasteiger partial charge in [0.05, 0.1) is 37.7 Å². The standard InChI is InChI=1S/C27H31N3O6/c1-16-8-10-17(11-9-16)30-26(32)25-24(19-6-4-5-7-21(19)36-25)29(27(30)33)15-23(31)28-20-13-12-18(34-2)14-22(20)35-3/h8-14,19,21,24-25H,4-7,15H2,1-3H3,(H,28,31). The van der Waals surface area contributed by atoms with Gasteiger partial charge in [-0.05, 0) is 44.0 Å². The Labute approximate surface area is 210 Å². The predicted octanol–water partition coefficient (Wildman–Crippen LogP) is 3.75. The molecule has 4 unspecified atom stereocenters. The third-order valence-corrected chi connectivity index (χ3v) is 7.37. The van der Waals surface area contributed by atoms with Crippen LogP contribution in [-0.4, -0.2) is 61.8 Å². The van der Waals surface area contributed by atoms with E-state index in [1.165, 1.54) is 12.0 Å². The second-order valence-electron chi connectivity index (χ2n) is 9.57. The number of aryl methyl sites for hydroxylation is 1. The van der Waals surface area contributed by atoms with E-state index in [1.807, 2.05) is 19.1 Å². The molecular weight excluding hydrogens is 462 g/mol. The van der Waals surface area contributed by atoms with Crippen molar-refractivity contribution in [2.75, 3.05) is 31.0 Å². The van der Waals surface area contributed by atoms with Gasteiger partial charge in [-0.15, -0.1) is 0 Å². The summed E-state index contributed by atoms with van der Waals surface area (Å²) in [5.41, 5.74) is 1.95. The number of nitrogens with zero attached hydrogens (tertiary/aromatic N) is 2. The van der Waals surface area contributed by atoms with E-state index in [0.717, 1.165) is 36.1 Å². The Bertz CT molecular complexity index is 1170. The minimum Gasteiger partial charge on any atom is -0.497 e. The first-order chi connectivity index (χ1) is 17.4. The monoisotopic (exact) mass is 493 g/mol. The van der Waals surface area contributed by atoms with Crippen LogP contribution < -0.4 is 19.7 Å². The van der Waals surface area contributed by atoms with Crippen molar-refractivity contribution < 1.29 is 28.6 Å². The Kier molecular flexibility index (Phi) is 6.57. The number of carbonyl (C=O) groups excluding carboxylic acids is 3. The zero-order valence-corrected chi connectivity index (χ0v) is 20.7. The van der Waals surface area contributed by atoms with E-state index >= 15 is 0 Å². The molecule has 9 nitrogen and oxygen atoms in total. The summed E-state index contributed by atoms with van der Waals surface area (Å²) in [4.78, 5) is 43.2. The zero-order chi connectivity index (χ0) is 25.4. The van der Waals surface area contributed by atoms with E-state index in [9.17, 15) is 14.4 Å². The van der Waals surface area contributed by atoms with Crippen LogP contribution in [0.3, 0.4) is 0 Å². The molecule has 1 aliphatic carbocycles.